The lowest BCUT2D eigenvalue weighted by atomic mass is 9.77. The largest absolute Gasteiger partial charge is 0.273 e. The lowest BCUT2D eigenvalue weighted by molar-refractivity contribution is -0.385. The minimum Gasteiger partial charge on any atom is -0.273 e. The molecule has 1 heterocycles. The lowest BCUT2D eigenvalue weighted by Gasteiger charge is -2.32. The van der Waals surface area contributed by atoms with Crippen molar-refractivity contribution >= 4 is 29.1 Å². The van der Waals surface area contributed by atoms with E-state index in [1.165, 1.54) is 24.3 Å². The maximum atomic E-state index is 13.7. The van der Waals surface area contributed by atoms with Gasteiger partial charge in [-0.05, 0) is 67.0 Å². The van der Waals surface area contributed by atoms with Crippen molar-refractivity contribution in [2.24, 2.45) is 16.9 Å². The van der Waals surface area contributed by atoms with Gasteiger partial charge in [-0.3, -0.25) is 25.0 Å². The number of hydrogen-bond acceptors (Lipinski definition) is 6. The number of nitrogens with zero attached hydrogens (tertiary/aromatic N) is 4. The molecular weight excluding hydrogens is 460 g/mol. The average molecular weight is 489 g/mol. The van der Waals surface area contributed by atoms with Gasteiger partial charge in [-0.15, -0.1) is 0 Å². The third kappa shape index (κ3) is 4.65. The van der Waals surface area contributed by atoms with Gasteiger partial charge in [-0.1, -0.05) is 31.4 Å². The number of nitro groups is 2. The highest BCUT2D eigenvalue weighted by Gasteiger charge is 2.45. The fraction of sp³-hybridized carbons (Fsp3) is 0.407. The molecule has 2 aliphatic carbocycles. The number of nitro benzene ring substituents is 2. The molecule has 9 nitrogen and oxygen atoms in total. The Kier molecular flexibility index (Phi) is 6.63. The van der Waals surface area contributed by atoms with Crippen LogP contribution in [0.3, 0.4) is 0 Å². The third-order valence-electron chi connectivity index (χ3n) is 7.57. The summed E-state index contributed by atoms with van der Waals surface area (Å²) in [5.74, 6) is -0.0161. The number of benzene rings is 2. The van der Waals surface area contributed by atoms with Crippen LogP contribution in [-0.4, -0.2) is 26.5 Å². The first-order valence-electron chi connectivity index (χ1n) is 12.5. The van der Waals surface area contributed by atoms with Gasteiger partial charge in [-0.25, -0.2) is 5.01 Å². The van der Waals surface area contributed by atoms with Crippen molar-refractivity contribution in [3.05, 3.63) is 85.5 Å². The zero-order valence-corrected chi connectivity index (χ0v) is 19.9. The molecule has 0 radical (unpaired) electrons. The van der Waals surface area contributed by atoms with Crippen LogP contribution in [0.2, 0.25) is 0 Å². The Bertz CT molecular complexity index is 1230. The van der Waals surface area contributed by atoms with E-state index in [1.54, 1.807) is 29.3 Å². The SMILES string of the molecule is O=C(C1CCCCC1)N1N=C2/C(=C/c3ccc([N+](=O)[O-])cc3)CCC[C@@H]2[C@H]1c1ccc([N+](=O)[O-])cc1. The van der Waals surface area contributed by atoms with E-state index in [-0.39, 0.29) is 35.2 Å². The fourth-order valence-corrected chi connectivity index (χ4v) is 5.74. The van der Waals surface area contributed by atoms with Crippen molar-refractivity contribution in [2.75, 3.05) is 0 Å². The first-order valence-corrected chi connectivity index (χ1v) is 12.5. The van der Waals surface area contributed by atoms with Crippen molar-refractivity contribution in [1.29, 1.82) is 0 Å². The minimum atomic E-state index is -0.420. The summed E-state index contributed by atoms with van der Waals surface area (Å²) in [7, 11) is 0. The van der Waals surface area contributed by atoms with Gasteiger partial charge in [0.2, 0.25) is 5.91 Å². The molecule has 2 aromatic rings. The molecule has 186 valence electrons. The second-order valence-electron chi connectivity index (χ2n) is 9.81. The standard InChI is InChI=1S/C27H28N4O5/c32-27(20-5-2-1-3-6-20)29-26(19-11-15-23(16-12-19)31(35)36)24-8-4-7-21(25(24)28-29)17-18-9-13-22(14-10-18)30(33)34/h9-17,20,24,26H,1-8H2/b21-17+/t24-,26+/m0/s1. The fourth-order valence-electron chi connectivity index (χ4n) is 5.74. The minimum absolute atomic E-state index is 0.00274. The molecule has 0 aromatic heterocycles. The summed E-state index contributed by atoms with van der Waals surface area (Å²) < 4.78 is 0. The van der Waals surface area contributed by atoms with E-state index < -0.39 is 9.85 Å². The molecule has 0 bridgehead atoms. The molecule has 2 atom stereocenters. The normalized spacial score (nSPS) is 23.3. The smallest absolute Gasteiger partial charge is 0.269 e. The van der Waals surface area contributed by atoms with Crippen LogP contribution < -0.4 is 0 Å². The van der Waals surface area contributed by atoms with Gasteiger partial charge >= 0.3 is 0 Å². The molecule has 1 amide bonds. The molecule has 0 N–H and O–H groups in total. The highest BCUT2D eigenvalue weighted by Crippen LogP contribution is 2.46. The van der Waals surface area contributed by atoms with Crippen LogP contribution in [0.15, 0.2) is 59.2 Å². The summed E-state index contributed by atoms with van der Waals surface area (Å²) in [6.45, 7) is 0. The van der Waals surface area contributed by atoms with Crippen molar-refractivity contribution < 1.29 is 14.6 Å². The van der Waals surface area contributed by atoms with Crippen molar-refractivity contribution in [3.8, 4) is 0 Å². The molecule has 0 saturated heterocycles. The number of hydrogen-bond donors (Lipinski definition) is 0. The van der Waals surface area contributed by atoms with E-state index in [4.69, 9.17) is 5.10 Å². The summed E-state index contributed by atoms with van der Waals surface area (Å²) in [5, 5.41) is 28.8. The summed E-state index contributed by atoms with van der Waals surface area (Å²) in [6, 6.07) is 12.6. The van der Waals surface area contributed by atoms with E-state index in [9.17, 15) is 25.0 Å². The van der Waals surface area contributed by atoms with Crippen LogP contribution >= 0.6 is 0 Å². The Labute approximate surface area is 208 Å². The maximum absolute atomic E-state index is 13.7. The van der Waals surface area contributed by atoms with E-state index in [0.29, 0.717) is 0 Å². The molecule has 0 spiro atoms. The number of carbonyl (C=O) groups excluding carboxylic acids is 1. The molecule has 2 saturated carbocycles. The van der Waals surface area contributed by atoms with Crippen molar-refractivity contribution in [3.63, 3.8) is 0 Å². The number of non-ortho nitro benzene ring substituents is 2. The number of carbonyl (C=O) groups is 1. The number of allylic oxidation sites excluding steroid dienone is 1. The van der Waals surface area contributed by atoms with Gasteiger partial charge in [-0.2, -0.15) is 5.10 Å². The Morgan fingerprint density at radius 3 is 2.08 bits per heavy atom. The zero-order chi connectivity index (χ0) is 25.2. The quantitative estimate of drug-likeness (QED) is 0.366. The molecule has 1 aliphatic heterocycles. The summed E-state index contributed by atoms with van der Waals surface area (Å²) >= 11 is 0. The van der Waals surface area contributed by atoms with Crippen LogP contribution in [0.1, 0.15) is 68.5 Å². The Morgan fingerprint density at radius 2 is 1.47 bits per heavy atom. The van der Waals surface area contributed by atoms with Gasteiger partial charge in [0, 0.05) is 36.1 Å². The monoisotopic (exact) mass is 488 g/mol. The first kappa shape index (κ1) is 23.8. The molecule has 36 heavy (non-hydrogen) atoms. The molecule has 0 unspecified atom stereocenters. The molecule has 9 heteroatoms. The molecule has 2 aromatic carbocycles. The van der Waals surface area contributed by atoms with Crippen LogP contribution in [0.25, 0.3) is 6.08 Å². The van der Waals surface area contributed by atoms with Gasteiger partial charge in [0.1, 0.15) is 0 Å². The van der Waals surface area contributed by atoms with Crippen LogP contribution in [-0.2, 0) is 4.79 Å². The van der Waals surface area contributed by atoms with Gasteiger partial charge in [0.05, 0.1) is 21.6 Å². The van der Waals surface area contributed by atoms with Gasteiger partial charge in [0.25, 0.3) is 11.4 Å². The maximum Gasteiger partial charge on any atom is 0.269 e. The van der Waals surface area contributed by atoms with E-state index in [1.807, 2.05) is 6.08 Å². The van der Waals surface area contributed by atoms with E-state index in [2.05, 4.69) is 0 Å². The molecule has 5 rings (SSSR count). The summed E-state index contributed by atoms with van der Waals surface area (Å²) in [6.07, 6.45) is 9.57. The molecule has 2 fully saturated rings. The highest BCUT2D eigenvalue weighted by atomic mass is 16.6. The molecular formula is C27H28N4O5. The summed E-state index contributed by atoms with van der Waals surface area (Å²) in [5.41, 5.74) is 3.68. The predicted molar refractivity (Wildman–Crippen MR) is 135 cm³/mol. The second-order valence-corrected chi connectivity index (χ2v) is 9.81. The number of rotatable bonds is 5. The van der Waals surface area contributed by atoms with Gasteiger partial charge < -0.3 is 0 Å². The summed E-state index contributed by atoms with van der Waals surface area (Å²) in [4.78, 5) is 35.1. The van der Waals surface area contributed by atoms with Crippen molar-refractivity contribution in [1.82, 2.24) is 5.01 Å². The lowest BCUT2D eigenvalue weighted by Crippen LogP contribution is -2.36. The van der Waals surface area contributed by atoms with E-state index >= 15 is 0 Å². The van der Waals surface area contributed by atoms with Gasteiger partial charge in [0.15, 0.2) is 0 Å². The Morgan fingerprint density at radius 1 is 0.861 bits per heavy atom. The van der Waals surface area contributed by atoms with Crippen LogP contribution in [0.4, 0.5) is 11.4 Å². The Hall–Kier alpha value is -3.88. The van der Waals surface area contributed by atoms with Crippen LogP contribution in [0.5, 0.6) is 0 Å². The third-order valence-corrected chi connectivity index (χ3v) is 7.57. The topological polar surface area (TPSA) is 119 Å². The zero-order valence-electron chi connectivity index (χ0n) is 19.9. The Balaban J connectivity index is 1.51. The first-order chi connectivity index (χ1) is 17.4. The van der Waals surface area contributed by atoms with E-state index in [0.717, 1.165) is 73.8 Å². The number of amides is 1. The molecule has 3 aliphatic rings. The number of hydrazone groups is 1. The average Bonchev–Trinajstić information content (AvgIpc) is 3.30. The second kappa shape index (κ2) is 10.0. The predicted octanol–water partition coefficient (Wildman–Crippen LogP) is 6.21. The van der Waals surface area contributed by atoms with Crippen LogP contribution in [0, 0.1) is 32.1 Å². The highest BCUT2D eigenvalue weighted by molar-refractivity contribution is 6.08. The number of fused-ring (bicyclic) bond motifs is 1. The van der Waals surface area contributed by atoms with Crippen molar-refractivity contribution in [2.45, 2.75) is 57.4 Å².